The maximum absolute atomic E-state index is 14.2. The molecular formula is C21H23FN2O4. The predicted octanol–water partition coefficient (Wildman–Crippen LogP) is 3.11. The van der Waals surface area contributed by atoms with E-state index in [-0.39, 0.29) is 42.5 Å². The second-order valence-corrected chi connectivity index (χ2v) is 7.24. The molecular weight excluding hydrogens is 363 g/mol. The van der Waals surface area contributed by atoms with Gasteiger partial charge in [-0.15, -0.1) is 0 Å². The number of nitrogens with zero attached hydrogens (tertiary/aromatic N) is 1. The largest absolute Gasteiger partial charge is 0.381 e. The van der Waals surface area contributed by atoms with Crippen LogP contribution in [0.25, 0.3) is 0 Å². The molecule has 148 valence electrons. The van der Waals surface area contributed by atoms with Crippen molar-refractivity contribution in [3.05, 3.63) is 65.4 Å². The number of allylic oxidation sites excluding steroid dienone is 6. The Labute approximate surface area is 162 Å². The summed E-state index contributed by atoms with van der Waals surface area (Å²) < 4.78 is 30.2. The number of ether oxygens (including phenoxy) is 2. The zero-order valence-electron chi connectivity index (χ0n) is 15.5. The molecule has 0 aromatic carbocycles. The van der Waals surface area contributed by atoms with Crippen molar-refractivity contribution in [2.45, 2.75) is 13.0 Å². The van der Waals surface area contributed by atoms with Gasteiger partial charge >= 0.3 is 0 Å². The number of hydrogen-bond donors (Lipinski definition) is 1. The third-order valence-electron chi connectivity index (χ3n) is 5.13. The Hall–Kier alpha value is -2.51. The Kier molecular flexibility index (Phi) is 5.83. The molecule has 0 bridgehead atoms. The monoisotopic (exact) mass is 386 g/mol. The van der Waals surface area contributed by atoms with Crippen molar-refractivity contribution >= 4 is 5.91 Å². The smallest absolute Gasteiger partial charge is 0.273 e. The molecule has 1 fully saturated rings. The maximum atomic E-state index is 14.2. The van der Waals surface area contributed by atoms with Crippen LogP contribution in [0.4, 0.5) is 4.39 Å². The number of rotatable bonds is 7. The minimum absolute atomic E-state index is 0.0693. The van der Waals surface area contributed by atoms with Gasteiger partial charge in [-0.1, -0.05) is 35.5 Å². The minimum atomic E-state index is -0.283. The molecule has 1 amide bonds. The van der Waals surface area contributed by atoms with Crippen molar-refractivity contribution in [1.29, 1.82) is 0 Å². The second kappa shape index (κ2) is 8.67. The first kappa shape index (κ1) is 18.8. The number of fused-ring (bicyclic) bond motifs is 1. The highest BCUT2D eigenvalue weighted by atomic mass is 19.1. The van der Waals surface area contributed by atoms with Crippen LogP contribution in [0, 0.1) is 17.8 Å². The Bertz CT molecular complexity index is 833. The lowest BCUT2D eigenvalue weighted by Crippen LogP contribution is -2.29. The van der Waals surface area contributed by atoms with E-state index in [2.05, 4.69) is 10.5 Å². The van der Waals surface area contributed by atoms with E-state index in [9.17, 15) is 9.18 Å². The van der Waals surface area contributed by atoms with Crippen LogP contribution >= 0.6 is 0 Å². The first-order chi connectivity index (χ1) is 13.7. The van der Waals surface area contributed by atoms with Gasteiger partial charge in [0, 0.05) is 42.5 Å². The molecule has 1 aromatic heterocycles. The lowest BCUT2D eigenvalue weighted by Gasteiger charge is -2.24. The SMILES string of the molecule is O=C(NCC1CCOC1)c1cc(COCC2=CC3C=CC=CC3C=C2F)on1. The topological polar surface area (TPSA) is 73.6 Å². The molecule has 1 N–H and O–H groups in total. The fourth-order valence-electron chi connectivity index (χ4n) is 3.50. The van der Waals surface area contributed by atoms with Crippen LogP contribution in [-0.2, 0) is 16.1 Å². The standard InChI is InChI=1S/C21H23FN2O4/c22-19-8-16-4-2-1-3-15(16)7-17(19)12-27-13-18-9-20(24-28-18)21(25)23-10-14-5-6-26-11-14/h1-4,7-9,14-16H,5-6,10-13H2,(H,23,25). The van der Waals surface area contributed by atoms with E-state index < -0.39 is 0 Å². The molecule has 0 spiro atoms. The summed E-state index contributed by atoms with van der Waals surface area (Å²) in [6.45, 7) is 2.22. The van der Waals surface area contributed by atoms with Crippen molar-refractivity contribution < 1.29 is 23.2 Å². The maximum Gasteiger partial charge on any atom is 0.273 e. The van der Waals surface area contributed by atoms with Gasteiger partial charge < -0.3 is 19.3 Å². The summed E-state index contributed by atoms with van der Waals surface area (Å²) >= 11 is 0. The van der Waals surface area contributed by atoms with Gasteiger partial charge in [0.25, 0.3) is 5.91 Å². The molecule has 1 aromatic rings. The van der Waals surface area contributed by atoms with Gasteiger partial charge in [-0.3, -0.25) is 4.79 Å². The summed E-state index contributed by atoms with van der Waals surface area (Å²) in [6.07, 6.45) is 12.4. The van der Waals surface area contributed by atoms with Gasteiger partial charge in [0.1, 0.15) is 12.4 Å². The second-order valence-electron chi connectivity index (χ2n) is 7.24. The van der Waals surface area contributed by atoms with E-state index in [0.717, 1.165) is 13.0 Å². The number of amides is 1. The molecule has 1 aliphatic heterocycles. The number of hydrogen-bond acceptors (Lipinski definition) is 5. The summed E-state index contributed by atoms with van der Waals surface area (Å²) in [6, 6.07) is 1.55. The van der Waals surface area contributed by atoms with Crippen molar-refractivity contribution in [2.75, 3.05) is 26.4 Å². The number of aromatic nitrogens is 1. The summed E-state index contributed by atoms with van der Waals surface area (Å²) in [7, 11) is 0. The average molecular weight is 386 g/mol. The van der Waals surface area contributed by atoms with Crippen molar-refractivity contribution in [3.8, 4) is 0 Å². The van der Waals surface area contributed by atoms with E-state index >= 15 is 0 Å². The highest BCUT2D eigenvalue weighted by Gasteiger charge is 2.23. The molecule has 7 heteroatoms. The van der Waals surface area contributed by atoms with Crippen molar-refractivity contribution in [3.63, 3.8) is 0 Å². The number of carbonyl (C=O) groups excluding carboxylic acids is 1. The van der Waals surface area contributed by atoms with Crippen LogP contribution in [0.3, 0.4) is 0 Å². The van der Waals surface area contributed by atoms with Crippen molar-refractivity contribution in [2.24, 2.45) is 17.8 Å². The first-order valence-electron chi connectivity index (χ1n) is 9.51. The molecule has 6 nitrogen and oxygen atoms in total. The zero-order valence-corrected chi connectivity index (χ0v) is 15.5. The van der Waals surface area contributed by atoms with E-state index in [4.69, 9.17) is 14.0 Å². The molecule has 28 heavy (non-hydrogen) atoms. The highest BCUT2D eigenvalue weighted by Crippen LogP contribution is 2.32. The molecule has 3 aliphatic rings. The summed E-state index contributed by atoms with van der Waals surface area (Å²) in [5, 5.41) is 6.61. The number of halogens is 1. The molecule has 4 rings (SSSR count). The van der Waals surface area contributed by atoms with E-state index in [1.807, 2.05) is 30.4 Å². The van der Waals surface area contributed by atoms with Crippen LogP contribution in [0.1, 0.15) is 22.7 Å². The minimum Gasteiger partial charge on any atom is -0.381 e. The summed E-state index contributed by atoms with van der Waals surface area (Å²) in [5.41, 5.74) is 0.736. The number of nitrogens with one attached hydrogen (secondary N) is 1. The normalized spacial score (nSPS) is 26.0. The third-order valence-corrected chi connectivity index (χ3v) is 5.13. The van der Waals surface area contributed by atoms with Gasteiger partial charge in [0.2, 0.25) is 0 Å². The molecule has 0 radical (unpaired) electrons. The molecule has 2 aliphatic carbocycles. The molecule has 2 heterocycles. The number of carbonyl (C=O) groups is 1. The lowest BCUT2D eigenvalue weighted by molar-refractivity contribution is 0.0934. The quantitative estimate of drug-likeness (QED) is 0.780. The average Bonchev–Trinajstić information content (AvgIpc) is 3.38. The van der Waals surface area contributed by atoms with Crippen LogP contribution in [0.15, 0.2) is 58.4 Å². The van der Waals surface area contributed by atoms with E-state index in [1.54, 1.807) is 12.1 Å². The Morgan fingerprint density at radius 3 is 2.86 bits per heavy atom. The Morgan fingerprint density at radius 1 is 1.25 bits per heavy atom. The lowest BCUT2D eigenvalue weighted by atomic mass is 9.83. The van der Waals surface area contributed by atoms with E-state index in [0.29, 0.717) is 30.4 Å². The molecule has 3 unspecified atom stereocenters. The fraction of sp³-hybridized carbons (Fsp3) is 0.429. The van der Waals surface area contributed by atoms with Crippen LogP contribution < -0.4 is 5.32 Å². The zero-order chi connectivity index (χ0) is 19.3. The van der Waals surface area contributed by atoms with Gasteiger partial charge in [-0.05, 0) is 12.5 Å². The van der Waals surface area contributed by atoms with Gasteiger partial charge in [-0.2, -0.15) is 0 Å². The van der Waals surface area contributed by atoms with Gasteiger partial charge in [-0.25, -0.2) is 4.39 Å². The van der Waals surface area contributed by atoms with Crippen LogP contribution in [0.2, 0.25) is 0 Å². The Morgan fingerprint density at radius 2 is 2.07 bits per heavy atom. The van der Waals surface area contributed by atoms with Gasteiger partial charge in [0.15, 0.2) is 11.5 Å². The summed E-state index contributed by atoms with van der Waals surface area (Å²) in [4.78, 5) is 12.1. The van der Waals surface area contributed by atoms with Crippen LogP contribution in [0.5, 0.6) is 0 Å². The fourth-order valence-corrected chi connectivity index (χ4v) is 3.50. The third kappa shape index (κ3) is 4.48. The first-order valence-corrected chi connectivity index (χ1v) is 9.51. The van der Waals surface area contributed by atoms with E-state index in [1.165, 1.54) is 0 Å². The molecule has 3 atom stereocenters. The van der Waals surface area contributed by atoms with Crippen LogP contribution in [-0.4, -0.2) is 37.4 Å². The Balaban J connectivity index is 1.25. The molecule has 1 saturated heterocycles. The highest BCUT2D eigenvalue weighted by molar-refractivity contribution is 5.92. The van der Waals surface area contributed by atoms with Gasteiger partial charge in [0.05, 0.1) is 13.2 Å². The predicted molar refractivity (Wildman–Crippen MR) is 100.0 cm³/mol. The summed E-state index contributed by atoms with van der Waals surface area (Å²) in [5.74, 6) is 0.464. The molecule has 0 saturated carbocycles. The van der Waals surface area contributed by atoms with Crippen molar-refractivity contribution in [1.82, 2.24) is 10.5 Å².